The molecule has 27 heavy (non-hydrogen) atoms. The lowest BCUT2D eigenvalue weighted by Gasteiger charge is -2.41. The molecule has 1 aliphatic rings. The summed E-state index contributed by atoms with van der Waals surface area (Å²) in [6.07, 6.45) is 4.47. The van der Waals surface area contributed by atoms with Crippen molar-refractivity contribution in [3.05, 3.63) is 42.2 Å². The van der Waals surface area contributed by atoms with Crippen LogP contribution in [0.2, 0.25) is 0 Å². The number of piperazine rings is 1. The summed E-state index contributed by atoms with van der Waals surface area (Å²) in [7, 11) is 3.33. The zero-order valence-corrected chi connectivity index (χ0v) is 16.1. The van der Waals surface area contributed by atoms with Gasteiger partial charge in [-0.05, 0) is 24.6 Å². The standard InChI is InChI=1S/C20H26N4O3/c1-4-5-8-15-13-24(16-9-6-7-10-18(16)27-3)19(25)14-23(15)20(26)17-11-12-21-22(17)2/h6-7,9-12,15H,4-5,8,13-14H2,1-3H3/t15-/m1/s1. The van der Waals surface area contributed by atoms with E-state index in [2.05, 4.69) is 12.0 Å². The molecule has 0 N–H and O–H groups in total. The molecule has 144 valence electrons. The Labute approximate surface area is 159 Å². The van der Waals surface area contributed by atoms with E-state index >= 15 is 0 Å². The van der Waals surface area contributed by atoms with Crippen LogP contribution in [0.25, 0.3) is 0 Å². The normalized spacial score (nSPS) is 17.3. The van der Waals surface area contributed by atoms with Gasteiger partial charge in [-0.15, -0.1) is 0 Å². The second-order valence-electron chi connectivity index (χ2n) is 6.75. The number of para-hydroxylation sites is 2. The van der Waals surface area contributed by atoms with E-state index in [1.165, 1.54) is 0 Å². The van der Waals surface area contributed by atoms with Gasteiger partial charge in [-0.25, -0.2) is 0 Å². The minimum Gasteiger partial charge on any atom is -0.495 e. The second kappa shape index (κ2) is 8.24. The Morgan fingerprint density at radius 1 is 1.30 bits per heavy atom. The van der Waals surface area contributed by atoms with Crippen LogP contribution >= 0.6 is 0 Å². The summed E-state index contributed by atoms with van der Waals surface area (Å²) in [6, 6.07) is 9.14. The number of anilines is 1. The Morgan fingerprint density at radius 2 is 2.07 bits per heavy atom. The maximum absolute atomic E-state index is 13.0. The smallest absolute Gasteiger partial charge is 0.272 e. The number of benzene rings is 1. The van der Waals surface area contributed by atoms with Gasteiger partial charge in [0.25, 0.3) is 5.91 Å². The van der Waals surface area contributed by atoms with Gasteiger partial charge in [0, 0.05) is 19.8 Å². The molecule has 2 heterocycles. The number of aromatic nitrogens is 2. The summed E-state index contributed by atoms with van der Waals surface area (Å²) in [6.45, 7) is 2.64. The monoisotopic (exact) mass is 370 g/mol. The van der Waals surface area contributed by atoms with Gasteiger partial charge in [-0.3, -0.25) is 14.3 Å². The molecule has 3 rings (SSSR count). The van der Waals surface area contributed by atoms with Crippen LogP contribution in [0.5, 0.6) is 5.75 Å². The van der Waals surface area contributed by atoms with Crippen molar-refractivity contribution >= 4 is 17.5 Å². The molecule has 1 fully saturated rings. The van der Waals surface area contributed by atoms with Crippen LogP contribution in [-0.2, 0) is 11.8 Å². The number of nitrogens with zero attached hydrogens (tertiary/aromatic N) is 4. The summed E-state index contributed by atoms with van der Waals surface area (Å²) in [5.41, 5.74) is 1.24. The molecule has 0 radical (unpaired) electrons. The molecule has 1 aliphatic heterocycles. The predicted octanol–water partition coefficient (Wildman–Crippen LogP) is 2.48. The molecule has 2 aromatic rings. The highest BCUT2D eigenvalue weighted by Gasteiger charge is 2.37. The molecule has 0 spiro atoms. The van der Waals surface area contributed by atoms with Gasteiger partial charge in [0.15, 0.2) is 0 Å². The lowest BCUT2D eigenvalue weighted by molar-refractivity contribution is -0.121. The van der Waals surface area contributed by atoms with Crippen molar-refractivity contribution in [3.63, 3.8) is 0 Å². The summed E-state index contributed by atoms with van der Waals surface area (Å²) < 4.78 is 6.98. The molecule has 2 amide bonds. The van der Waals surface area contributed by atoms with E-state index in [0.29, 0.717) is 18.0 Å². The van der Waals surface area contributed by atoms with Crippen molar-refractivity contribution in [2.75, 3.05) is 25.1 Å². The molecule has 1 aromatic carbocycles. The number of carbonyl (C=O) groups is 2. The quantitative estimate of drug-likeness (QED) is 0.783. The van der Waals surface area contributed by atoms with Crippen molar-refractivity contribution in [1.29, 1.82) is 0 Å². The van der Waals surface area contributed by atoms with Gasteiger partial charge in [0.1, 0.15) is 18.0 Å². The molecule has 0 saturated carbocycles. The van der Waals surface area contributed by atoms with Crippen LogP contribution in [0.1, 0.15) is 36.7 Å². The Kier molecular flexibility index (Phi) is 5.78. The number of methoxy groups -OCH3 is 1. The Morgan fingerprint density at radius 3 is 2.74 bits per heavy atom. The van der Waals surface area contributed by atoms with E-state index in [0.717, 1.165) is 24.9 Å². The number of hydrogen-bond acceptors (Lipinski definition) is 4. The van der Waals surface area contributed by atoms with Crippen molar-refractivity contribution in [1.82, 2.24) is 14.7 Å². The predicted molar refractivity (Wildman–Crippen MR) is 103 cm³/mol. The molecular weight excluding hydrogens is 344 g/mol. The highest BCUT2D eigenvalue weighted by Crippen LogP contribution is 2.31. The fourth-order valence-electron chi connectivity index (χ4n) is 3.51. The molecule has 1 aromatic heterocycles. The molecule has 7 heteroatoms. The van der Waals surface area contributed by atoms with E-state index in [4.69, 9.17) is 4.74 Å². The second-order valence-corrected chi connectivity index (χ2v) is 6.75. The summed E-state index contributed by atoms with van der Waals surface area (Å²) >= 11 is 0. The zero-order chi connectivity index (χ0) is 19.4. The first kappa shape index (κ1) is 18.9. The van der Waals surface area contributed by atoms with Crippen molar-refractivity contribution in [3.8, 4) is 5.75 Å². The molecule has 0 aliphatic carbocycles. The third-order valence-corrected chi connectivity index (χ3v) is 5.01. The molecule has 1 saturated heterocycles. The Bertz CT molecular complexity index is 817. The van der Waals surface area contributed by atoms with Crippen LogP contribution in [0.4, 0.5) is 5.69 Å². The molecule has 0 unspecified atom stereocenters. The molecule has 7 nitrogen and oxygen atoms in total. The summed E-state index contributed by atoms with van der Waals surface area (Å²) in [5, 5.41) is 4.08. The van der Waals surface area contributed by atoms with Crippen molar-refractivity contribution in [2.45, 2.75) is 32.2 Å². The van der Waals surface area contributed by atoms with Gasteiger partial charge in [0.05, 0.1) is 18.8 Å². The lowest BCUT2D eigenvalue weighted by Crippen LogP contribution is -2.58. The van der Waals surface area contributed by atoms with E-state index < -0.39 is 0 Å². The average molecular weight is 370 g/mol. The van der Waals surface area contributed by atoms with Crippen molar-refractivity contribution in [2.24, 2.45) is 7.05 Å². The number of unbranched alkanes of at least 4 members (excludes halogenated alkanes) is 1. The lowest BCUT2D eigenvalue weighted by atomic mass is 10.0. The fourth-order valence-corrected chi connectivity index (χ4v) is 3.51. The van der Waals surface area contributed by atoms with Gasteiger partial charge < -0.3 is 14.5 Å². The number of ether oxygens (including phenoxy) is 1. The highest BCUT2D eigenvalue weighted by atomic mass is 16.5. The van der Waals surface area contributed by atoms with Crippen LogP contribution < -0.4 is 9.64 Å². The van der Waals surface area contributed by atoms with Crippen LogP contribution in [0.3, 0.4) is 0 Å². The maximum Gasteiger partial charge on any atom is 0.272 e. The third-order valence-electron chi connectivity index (χ3n) is 5.01. The first-order valence-electron chi connectivity index (χ1n) is 9.29. The van der Waals surface area contributed by atoms with Crippen LogP contribution in [-0.4, -0.2) is 52.7 Å². The molecular formula is C20H26N4O3. The largest absolute Gasteiger partial charge is 0.495 e. The van der Waals surface area contributed by atoms with Crippen LogP contribution in [0, 0.1) is 0 Å². The minimum absolute atomic E-state index is 0.0463. The molecule has 1 atom stereocenters. The molecule has 0 bridgehead atoms. The SMILES string of the molecule is CCCC[C@@H]1CN(c2ccccc2OC)C(=O)CN1C(=O)c1ccnn1C. The minimum atomic E-state index is -0.149. The Hall–Kier alpha value is -2.83. The van der Waals surface area contributed by atoms with E-state index in [-0.39, 0.29) is 24.4 Å². The number of hydrogen-bond donors (Lipinski definition) is 0. The topological polar surface area (TPSA) is 67.7 Å². The number of aryl methyl sites for hydroxylation is 1. The van der Waals surface area contributed by atoms with E-state index in [9.17, 15) is 9.59 Å². The maximum atomic E-state index is 13.0. The first-order chi connectivity index (χ1) is 13.1. The van der Waals surface area contributed by atoms with E-state index in [1.54, 1.807) is 40.9 Å². The number of rotatable bonds is 6. The average Bonchev–Trinajstić information content (AvgIpc) is 3.12. The Balaban J connectivity index is 1.89. The van der Waals surface area contributed by atoms with Gasteiger partial charge >= 0.3 is 0 Å². The van der Waals surface area contributed by atoms with Gasteiger partial charge in [-0.1, -0.05) is 31.9 Å². The summed E-state index contributed by atoms with van der Waals surface area (Å²) in [5.74, 6) is 0.401. The van der Waals surface area contributed by atoms with Crippen molar-refractivity contribution < 1.29 is 14.3 Å². The number of amides is 2. The van der Waals surface area contributed by atoms with Gasteiger partial charge in [0.2, 0.25) is 5.91 Å². The highest BCUT2D eigenvalue weighted by molar-refractivity contribution is 6.02. The fraction of sp³-hybridized carbons (Fsp3) is 0.450. The number of carbonyl (C=O) groups excluding carboxylic acids is 2. The zero-order valence-electron chi connectivity index (χ0n) is 16.1. The summed E-state index contributed by atoms with van der Waals surface area (Å²) in [4.78, 5) is 29.4. The first-order valence-corrected chi connectivity index (χ1v) is 9.29. The van der Waals surface area contributed by atoms with Crippen LogP contribution in [0.15, 0.2) is 36.5 Å². The van der Waals surface area contributed by atoms with Gasteiger partial charge in [-0.2, -0.15) is 5.10 Å². The van der Waals surface area contributed by atoms with E-state index in [1.807, 2.05) is 24.3 Å². The third kappa shape index (κ3) is 3.82.